The highest BCUT2D eigenvalue weighted by atomic mass is 16.3. The molecule has 0 aliphatic carbocycles. The molecule has 6 nitrogen and oxygen atoms in total. The van der Waals surface area contributed by atoms with Crippen LogP contribution >= 0.6 is 0 Å². The van der Waals surface area contributed by atoms with Gasteiger partial charge in [-0.25, -0.2) is 4.85 Å². The molecule has 3 aromatic heterocycles. The van der Waals surface area contributed by atoms with Crippen LogP contribution in [-0.4, -0.2) is 9.13 Å². The highest BCUT2D eigenvalue weighted by molar-refractivity contribution is 6.24. The Kier molecular flexibility index (Phi) is 8.12. The molecule has 0 aliphatic heterocycles. The second-order valence-electron chi connectivity index (χ2n) is 12.3. The molecule has 0 radical (unpaired) electrons. The van der Waals surface area contributed by atoms with E-state index in [2.05, 4.69) is 92.8 Å². The number of hydrogen-bond donors (Lipinski definition) is 1. The first kappa shape index (κ1) is 33.4. The third-order valence-electron chi connectivity index (χ3n) is 9.74. The Morgan fingerprint density at radius 3 is 1.87 bits per heavy atom. The maximum Gasteiger partial charge on any atom is 0.211 e. The summed E-state index contributed by atoms with van der Waals surface area (Å²) in [6, 6.07) is 51.7. The Morgan fingerprint density at radius 1 is 0.577 bits per heavy atom. The van der Waals surface area contributed by atoms with E-state index in [4.69, 9.17) is 11.0 Å². The standard InChI is InChI=1S/C44H24N4O.2CH4.H3N/c1-46-36-16-10-15-30(43(36)48-37-17-6-2-11-31(37)32-12-3-7-18-38(32)48)28-23-27(26-45)24-29(25-28)47-39-19-8-4-14-35(39)42-40(47)22-21-34-33-13-5-9-20-41(33)49-44(34)42;;;/h2-25H;2*1H4;1H3. The summed E-state index contributed by atoms with van der Waals surface area (Å²) in [6.07, 6.45) is 0. The predicted octanol–water partition coefficient (Wildman–Crippen LogP) is 13.3. The Hall–Kier alpha value is -7.12. The van der Waals surface area contributed by atoms with Gasteiger partial charge in [0.25, 0.3) is 0 Å². The molecule has 0 saturated carbocycles. The Balaban J connectivity index is 0.00000140. The Bertz CT molecular complexity index is 3040. The average Bonchev–Trinajstić information content (AvgIpc) is 3.82. The van der Waals surface area contributed by atoms with E-state index in [0.29, 0.717) is 11.3 Å². The van der Waals surface area contributed by atoms with E-state index >= 15 is 0 Å². The van der Waals surface area contributed by atoms with Gasteiger partial charge < -0.3 is 19.7 Å². The van der Waals surface area contributed by atoms with E-state index in [-0.39, 0.29) is 21.0 Å². The summed E-state index contributed by atoms with van der Waals surface area (Å²) in [4.78, 5) is 4.02. The zero-order chi connectivity index (χ0) is 32.6. The average molecular weight is 674 g/mol. The van der Waals surface area contributed by atoms with Crippen molar-refractivity contribution in [2.75, 3.05) is 0 Å². The maximum absolute atomic E-state index is 10.4. The van der Waals surface area contributed by atoms with Crippen LogP contribution in [-0.2, 0) is 0 Å². The van der Waals surface area contributed by atoms with Crippen LogP contribution in [0.5, 0.6) is 0 Å². The van der Waals surface area contributed by atoms with Gasteiger partial charge in [-0.05, 0) is 65.7 Å². The third-order valence-corrected chi connectivity index (χ3v) is 9.74. The summed E-state index contributed by atoms with van der Waals surface area (Å²) in [5.41, 5.74) is 10.2. The van der Waals surface area contributed by atoms with Crippen LogP contribution in [0.25, 0.3) is 92.9 Å². The fraction of sp³-hybridized carbons (Fsp3) is 0.0435. The molecule has 0 saturated heterocycles. The topological polar surface area (TPSA) is 86.2 Å². The molecule has 0 atom stereocenters. The van der Waals surface area contributed by atoms with E-state index in [9.17, 15) is 5.26 Å². The van der Waals surface area contributed by atoms with Crippen molar-refractivity contribution < 1.29 is 4.42 Å². The number of furan rings is 1. The van der Waals surface area contributed by atoms with Crippen molar-refractivity contribution in [1.29, 1.82) is 5.26 Å². The molecule has 0 aliphatic rings. The minimum absolute atomic E-state index is 0. The minimum Gasteiger partial charge on any atom is -0.455 e. The minimum atomic E-state index is 0. The molecule has 0 bridgehead atoms. The summed E-state index contributed by atoms with van der Waals surface area (Å²) in [6.45, 7) is 8.23. The van der Waals surface area contributed by atoms with Gasteiger partial charge in [-0.1, -0.05) is 106 Å². The summed E-state index contributed by atoms with van der Waals surface area (Å²) < 4.78 is 10.9. The van der Waals surface area contributed by atoms with Gasteiger partial charge >= 0.3 is 0 Å². The van der Waals surface area contributed by atoms with Crippen LogP contribution in [0.15, 0.2) is 150 Å². The van der Waals surface area contributed by atoms with Crippen molar-refractivity contribution in [2.45, 2.75) is 14.9 Å². The lowest BCUT2D eigenvalue weighted by molar-refractivity contribution is 0.673. The summed E-state index contributed by atoms with van der Waals surface area (Å²) in [5.74, 6) is 0. The summed E-state index contributed by atoms with van der Waals surface area (Å²) in [7, 11) is 0. The first-order chi connectivity index (χ1) is 24.2. The quantitative estimate of drug-likeness (QED) is 0.189. The molecule has 10 rings (SSSR count). The molecular formula is C46H35N5O. The van der Waals surface area contributed by atoms with Gasteiger partial charge in [-0.15, -0.1) is 0 Å². The summed E-state index contributed by atoms with van der Waals surface area (Å²) >= 11 is 0. The largest absolute Gasteiger partial charge is 0.455 e. The number of para-hydroxylation sites is 5. The molecule has 7 aromatic carbocycles. The molecule has 52 heavy (non-hydrogen) atoms. The SMILES string of the molecule is C.C.N.[C-]#[N+]c1cccc(-c2cc(C#N)cc(-n3c4ccccc4c4c5oc6ccccc6c5ccc43)c2)c1-n1c2ccccc2c2ccccc21. The van der Waals surface area contributed by atoms with Gasteiger partial charge in [0.1, 0.15) is 11.2 Å². The summed E-state index contributed by atoms with van der Waals surface area (Å²) in [5, 5.41) is 16.9. The van der Waals surface area contributed by atoms with E-state index in [1.807, 2.05) is 72.8 Å². The molecule has 0 spiro atoms. The number of nitriles is 1. The second kappa shape index (κ2) is 12.6. The second-order valence-corrected chi connectivity index (χ2v) is 12.3. The zero-order valence-corrected chi connectivity index (χ0v) is 26.8. The number of benzene rings is 7. The lowest BCUT2D eigenvalue weighted by Crippen LogP contribution is -2.00. The van der Waals surface area contributed by atoms with Crippen LogP contribution in [0.2, 0.25) is 0 Å². The van der Waals surface area contributed by atoms with Crippen LogP contribution in [0.4, 0.5) is 5.69 Å². The monoisotopic (exact) mass is 673 g/mol. The highest BCUT2D eigenvalue weighted by Gasteiger charge is 2.22. The van der Waals surface area contributed by atoms with Gasteiger partial charge in [-0.3, -0.25) is 0 Å². The van der Waals surface area contributed by atoms with Crippen LogP contribution in [0.1, 0.15) is 20.4 Å². The lowest BCUT2D eigenvalue weighted by Gasteiger charge is -2.17. The number of aromatic nitrogens is 2. The molecule has 0 amide bonds. The van der Waals surface area contributed by atoms with Crippen LogP contribution < -0.4 is 6.15 Å². The van der Waals surface area contributed by atoms with Gasteiger partial charge in [-0.2, -0.15) is 5.26 Å². The van der Waals surface area contributed by atoms with Gasteiger partial charge in [0.05, 0.1) is 51.3 Å². The van der Waals surface area contributed by atoms with Crippen molar-refractivity contribution in [3.05, 3.63) is 163 Å². The molecule has 250 valence electrons. The number of fused-ring (bicyclic) bond motifs is 10. The number of hydrogen-bond acceptors (Lipinski definition) is 3. The van der Waals surface area contributed by atoms with E-state index < -0.39 is 0 Å². The first-order valence-electron chi connectivity index (χ1n) is 16.1. The Labute approximate surface area is 301 Å². The third kappa shape index (κ3) is 4.60. The number of nitrogens with zero attached hydrogens (tertiary/aromatic N) is 4. The molecule has 10 aromatic rings. The number of rotatable bonds is 3. The molecule has 0 fully saturated rings. The Morgan fingerprint density at radius 2 is 1.19 bits per heavy atom. The van der Waals surface area contributed by atoms with Crippen molar-refractivity contribution in [3.63, 3.8) is 0 Å². The molecule has 3 N–H and O–H groups in total. The normalized spacial score (nSPS) is 11.0. The van der Waals surface area contributed by atoms with Crippen molar-refractivity contribution in [2.24, 2.45) is 0 Å². The van der Waals surface area contributed by atoms with Crippen LogP contribution in [0, 0.1) is 17.9 Å². The van der Waals surface area contributed by atoms with Crippen molar-refractivity contribution >= 4 is 71.2 Å². The first-order valence-corrected chi connectivity index (χ1v) is 16.1. The lowest BCUT2D eigenvalue weighted by atomic mass is 9.99. The van der Waals surface area contributed by atoms with E-state index in [0.717, 1.165) is 88.1 Å². The molecule has 0 unspecified atom stereocenters. The van der Waals surface area contributed by atoms with Crippen LogP contribution in [0.3, 0.4) is 0 Å². The zero-order valence-electron chi connectivity index (χ0n) is 26.8. The highest BCUT2D eigenvalue weighted by Crippen LogP contribution is 2.43. The van der Waals surface area contributed by atoms with Gasteiger partial charge in [0.15, 0.2) is 0 Å². The molecular weight excluding hydrogens is 639 g/mol. The molecule has 3 heterocycles. The van der Waals surface area contributed by atoms with E-state index in [1.54, 1.807) is 0 Å². The van der Waals surface area contributed by atoms with E-state index in [1.165, 1.54) is 0 Å². The van der Waals surface area contributed by atoms with Crippen molar-refractivity contribution in [1.82, 2.24) is 15.3 Å². The fourth-order valence-electron chi connectivity index (χ4n) is 7.73. The predicted molar refractivity (Wildman–Crippen MR) is 217 cm³/mol. The maximum atomic E-state index is 10.4. The fourth-order valence-corrected chi connectivity index (χ4v) is 7.73. The van der Waals surface area contributed by atoms with Crippen molar-refractivity contribution in [3.8, 4) is 28.6 Å². The van der Waals surface area contributed by atoms with Gasteiger partial charge in [0.2, 0.25) is 5.69 Å². The molecule has 6 heteroatoms. The van der Waals surface area contributed by atoms with Gasteiger partial charge in [0, 0.05) is 32.6 Å². The smallest absolute Gasteiger partial charge is 0.211 e.